The number of nitrogens with zero attached hydrogens (tertiary/aromatic N) is 1. The zero-order valence-electron chi connectivity index (χ0n) is 15.5. The molecule has 0 aliphatic heterocycles. The van der Waals surface area contributed by atoms with E-state index in [2.05, 4.69) is 22.5 Å². The van der Waals surface area contributed by atoms with Crippen molar-refractivity contribution in [2.45, 2.75) is 26.7 Å². The Kier molecular flexibility index (Phi) is 15.5. The summed E-state index contributed by atoms with van der Waals surface area (Å²) in [5.41, 5.74) is 0. The summed E-state index contributed by atoms with van der Waals surface area (Å²) in [5, 5.41) is 6.54. The molecule has 0 atom stereocenters. The van der Waals surface area contributed by atoms with E-state index >= 15 is 0 Å². The summed E-state index contributed by atoms with van der Waals surface area (Å²) < 4.78 is 16.2. The normalized spacial score (nSPS) is 10.8. The molecule has 0 aromatic heterocycles. The van der Waals surface area contributed by atoms with Crippen LogP contribution in [0.2, 0.25) is 0 Å². The molecule has 6 nitrogen and oxygen atoms in total. The Hall–Kier alpha value is -1.22. The van der Waals surface area contributed by atoms with Crippen molar-refractivity contribution < 1.29 is 14.2 Å². The van der Waals surface area contributed by atoms with E-state index in [1.807, 2.05) is 31.2 Å². The third kappa shape index (κ3) is 11.9. The van der Waals surface area contributed by atoms with Crippen molar-refractivity contribution >= 4 is 29.9 Å². The molecule has 144 valence electrons. The lowest BCUT2D eigenvalue weighted by atomic mass is 10.3. The topological polar surface area (TPSA) is 64.1 Å². The van der Waals surface area contributed by atoms with E-state index < -0.39 is 0 Å². The summed E-state index contributed by atoms with van der Waals surface area (Å²) in [5.74, 6) is 2.46. The van der Waals surface area contributed by atoms with E-state index in [9.17, 15) is 0 Å². The smallest absolute Gasteiger partial charge is 0.191 e. The highest BCUT2D eigenvalue weighted by molar-refractivity contribution is 14.0. The number of methoxy groups -OCH3 is 1. The van der Waals surface area contributed by atoms with Crippen molar-refractivity contribution in [1.82, 2.24) is 10.6 Å². The van der Waals surface area contributed by atoms with Crippen molar-refractivity contribution in [3.8, 4) is 11.5 Å². The zero-order chi connectivity index (χ0) is 17.5. The summed E-state index contributed by atoms with van der Waals surface area (Å²) >= 11 is 0. The largest absolute Gasteiger partial charge is 0.497 e. The molecule has 0 aliphatic carbocycles. The first-order valence-electron chi connectivity index (χ1n) is 8.67. The summed E-state index contributed by atoms with van der Waals surface area (Å²) in [4.78, 5) is 4.55. The summed E-state index contributed by atoms with van der Waals surface area (Å²) in [7, 11) is 1.65. The van der Waals surface area contributed by atoms with Crippen molar-refractivity contribution in [2.75, 3.05) is 46.6 Å². The van der Waals surface area contributed by atoms with Crippen LogP contribution in [0.15, 0.2) is 29.3 Å². The molecule has 0 saturated heterocycles. The molecule has 0 aliphatic rings. The molecule has 0 unspecified atom stereocenters. The molecule has 0 bridgehead atoms. The molecule has 0 radical (unpaired) electrons. The second kappa shape index (κ2) is 16.3. The van der Waals surface area contributed by atoms with Crippen LogP contribution >= 0.6 is 24.0 Å². The molecular weight excluding hydrogens is 433 g/mol. The van der Waals surface area contributed by atoms with Crippen molar-refractivity contribution in [3.63, 3.8) is 0 Å². The van der Waals surface area contributed by atoms with Crippen LogP contribution in [-0.2, 0) is 4.74 Å². The van der Waals surface area contributed by atoms with Gasteiger partial charge in [-0.2, -0.15) is 0 Å². The van der Waals surface area contributed by atoms with Gasteiger partial charge in [0.15, 0.2) is 5.96 Å². The van der Waals surface area contributed by atoms with Gasteiger partial charge in [0.25, 0.3) is 0 Å². The zero-order valence-corrected chi connectivity index (χ0v) is 17.9. The maximum Gasteiger partial charge on any atom is 0.191 e. The van der Waals surface area contributed by atoms with Gasteiger partial charge in [-0.05, 0) is 32.4 Å². The monoisotopic (exact) mass is 465 g/mol. The predicted octanol–water partition coefficient (Wildman–Crippen LogP) is 3.06. The van der Waals surface area contributed by atoms with Gasteiger partial charge in [-0.25, -0.2) is 0 Å². The first kappa shape index (κ1) is 23.8. The SMILES string of the molecule is CCNC(=NCCCOc1cccc(OC)c1)NCCCOCC.I. The number of rotatable bonds is 12. The van der Waals surface area contributed by atoms with Gasteiger partial charge in [0.05, 0.1) is 13.7 Å². The van der Waals surface area contributed by atoms with Crippen molar-refractivity contribution in [1.29, 1.82) is 0 Å². The molecule has 7 heteroatoms. The van der Waals surface area contributed by atoms with Crippen molar-refractivity contribution in [3.05, 3.63) is 24.3 Å². The number of aliphatic imine (C=N–C) groups is 1. The average molecular weight is 465 g/mol. The summed E-state index contributed by atoms with van der Waals surface area (Å²) in [6.07, 6.45) is 1.82. The molecule has 0 amide bonds. The molecule has 0 heterocycles. The van der Waals surface area contributed by atoms with Gasteiger partial charge in [-0.1, -0.05) is 6.07 Å². The number of guanidine groups is 1. The maximum absolute atomic E-state index is 5.71. The van der Waals surface area contributed by atoms with Crippen LogP contribution in [0.1, 0.15) is 26.7 Å². The second-order valence-corrected chi connectivity index (χ2v) is 5.12. The van der Waals surface area contributed by atoms with Gasteiger partial charge < -0.3 is 24.8 Å². The third-order valence-electron chi connectivity index (χ3n) is 3.19. The Morgan fingerprint density at radius 1 is 1.08 bits per heavy atom. The van der Waals surface area contributed by atoms with Gasteiger partial charge >= 0.3 is 0 Å². The van der Waals surface area contributed by atoms with Crippen LogP contribution < -0.4 is 20.1 Å². The Balaban J connectivity index is 0.00000576. The fraction of sp³-hybridized carbons (Fsp3) is 0.611. The highest BCUT2D eigenvalue weighted by Gasteiger charge is 1.98. The van der Waals surface area contributed by atoms with Crippen LogP contribution in [0, 0.1) is 0 Å². The third-order valence-corrected chi connectivity index (χ3v) is 3.19. The predicted molar refractivity (Wildman–Crippen MR) is 114 cm³/mol. The van der Waals surface area contributed by atoms with E-state index in [-0.39, 0.29) is 24.0 Å². The lowest BCUT2D eigenvalue weighted by Gasteiger charge is -2.11. The van der Waals surface area contributed by atoms with Gasteiger partial charge in [0, 0.05) is 45.3 Å². The fourth-order valence-electron chi connectivity index (χ4n) is 2.00. The van der Waals surface area contributed by atoms with Crippen LogP contribution in [0.3, 0.4) is 0 Å². The van der Waals surface area contributed by atoms with Crippen molar-refractivity contribution in [2.24, 2.45) is 4.99 Å². The van der Waals surface area contributed by atoms with Gasteiger partial charge in [0.2, 0.25) is 0 Å². The van der Waals surface area contributed by atoms with Gasteiger partial charge in [-0.3, -0.25) is 4.99 Å². The Bertz CT molecular complexity index is 473. The standard InChI is InChI=1S/C18H31N3O3.HI/c1-4-19-18(20-11-7-13-23-5-2)21-12-8-14-24-17-10-6-9-16(15-17)22-3;/h6,9-10,15H,4-5,7-8,11-14H2,1-3H3,(H2,19,20,21);1H. The second-order valence-electron chi connectivity index (χ2n) is 5.12. The molecule has 2 N–H and O–H groups in total. The Labute approximate surface area is 168 Å². The van der Waals surface area contributed by atoms with Crippen LogP contribution in [0.25, 0.3) is 0 Å². The Morgan fingerprint density at radius 3 is 2.60 bits per heavy atom. The molecular formula is C18H32IN3O3. The minimum atomic E-state index is 0. The number of nitrogens with one attached hydrogen (secondary N) is 2. The van der Waals surface area contributed by atoms with Crippen LogP contribution in [0.5, 0.6) is 11.5 Å². The summed E-state index contributed by atoms with van der Waals surface area (Å²) in [6, 6.07) is 7.63. The molecule has 1 aromatic rings. The van der Waals surface area contributed by atoms with E-state index in [1.54, 1.807) is 7.11 Å². The van der Waals surface area contributed by atoms with E-state index in [4.69, 9.17) is 14.2 Å². The van der Waals surface area contributed by atoms with Crippen LogP contribution in [-0.4, -0.2) is 52.5 Å². The minimum absolute atomic E-state index is 0. The highest BCUT2D eigenvalue weighted by Crippen LogP contribution is 2.18. The molecule has 25 heavy (non-hydrogen) atoms. The molecule has 0 saturated carbocycles. The average Bonchev–Trinajstić information content (AvgIpc) is 2.61. The van der Waals surface area contributed by atoms with E-state index in [0.717, 1.165) is 56.6 Å². The Morgan fingerprint density at radius 2 is 1.88 bits per heavy atom. The molecule has 1 rings (SSSR count). The lowest BCUT2D eigenvalue weighted by Crippen LogP contribution is -2.38. The maximum atomic E-state index is 5.71. The first-order valence-corrected chi connectivity index (χ1v) is 8.67. The van der Waals surface area contributed by atoms with Gasteiger partial charge in [-0.15, -0.1) is 24.0 Å². The molecule has 0 spiro atoms. The van der Waals surface area contributed by atoms with E-state index in [1.165, 1.54) is 0 Å². The number of halogens is 1. The number of ether oxygens (including phenoxy) is 3. The van der Waals surface area contributed by atoms with Crippen LogP contribution in [0.4, 0.5) is 0 Å². The first-order chi connectivity index (χ1) is 11.8. The highest BCUT2D eigenvalue weighted by atomic mass is 127. The van der Waals surface area contributed by atoms with Gasteiger partial charge in [0.1, 0.15) is 11.5 Å². The lowest BCUT2D eigenvalue weighted by molar-refractivity contribution is 0.145. The number of hydrogen-bond acceptors (Lipinski definition) is 4. The number of hydrogen-bond donors (Lipinski definition) is 2. The fourth-order valence-corrected chi connectivity index (χ4v) is 2.00. The summed E-state index contributed by atoms with van der Waals surface area (Å²) in [6.45, 7) is 8.64. The quantitative estimate of drug-likeness (QED) is 0.215. The molecule has 1 aromatic carbocycles. The van der Waals surface area contributed by atoms with E-state index in [0.29, 0.717) is 13.2 Å². The minimum Gasteiger partial charge on any atom is -0.497 e. The molecule has 0 fully saturated rings. The number of benzene rings is 1.